The van der Waals surface area contributed by atoms with E-state index in [1.807, 2.05) is 42.5 Å². The van der Waals surface area contributed by atoms with Crippen molar-refractivity contribution in [2.24, 2.45) is 22.2 Å². The Bertz CT molecular complexity index is 1680. The molecule has 1 aliphatic heterocycles. The van der Waals surface area contributed by atoms with Crippen LogP contribution in [0.4, 0.5) is 24.5 Å². The number of fused-ring (bicyclic) bond motifs is 1. The number of nitrogens with zero attached hydrogens (tertiary/aromatic N) is 6. The molecule has 1 amide bonds. The molecule has 0 bridgehead atoms. The van der Waals surface area contributed by atoms with E-state index < -0.39 is 6.36 Å². The van der Waals surface area contributed by atoms with Gasteiger partial charge in [-0.1, -0.05) is 49.9 Å². The van der Waals surface area contributed by atoms with Crippen LogP contribution in [0.25, 0.3) is 10.9 Å². The molecule has 1 aliphatic rings. The van der Waals surface area contributed by atoms with Gasteiger partial charge < -0.3 is 4.74 Å². The first-order valence-electron chi connectivity index (χ1n) is 12.6. The van der Waals surface area contributed by atoms with Gasteiger partial charge in [0.15, 0.2) is 5.17 Å². The highest BCUT2D eigenvalue weighted by molar-refractivity contribution is 8.15. The van der Waals surface area contributed by atoms with Crippen molar-refractivity contribution in [1.82, 2.24) is 9.78 Å². The number of benzene rings is 3. The molecule has 0 aliphatic carbocycles. The molecule has 0 saturated carbocycles. The predicted molar refractivity (Wildman–Crippen MR) is 157 cm³/mol. The summed E-state index contributed by atoms with van der Waals surface area (Å²) in [5, 5.41) is 14.5. The highest BCUT2D eigenvalue weighted by atomic mass is 32.2. The second kappa shape index (κ2) is 11.6. The van der Waals surface area contributed by atoms with E-state index in [1.165, 1.54) is 36.0 Å². The predicted octanol–water partition coefficient (Wildman–Crippen LogP) is 6.82. The van der Waals surface area contributed by atoms with E-state index in [-0.39, 0.29) is 17.6 Å². The lowest BCUT2D eigenvalue weighted by molar-refractivity contribution is -0.274. The Morgan fingerprint density at radius 2 is 1.80 bits per heavy atom. The van der Waals surface area contributed by atoms with Crippen LogP contribution in [0.1, 0.15) is 36.6 Å². The van der Waals surface area contributed by atoms with Crippen LogP contribution in [-0.4, -0.2) is 45.4 Å². The van der Waals surface area contributed by atoms with Gasteiger partial charge in [0.05, 0.1) is 35.1 Å². The number of aliphatic imine (C=N–C) groups is 1. The van der Waals surface area contributed by atoms with Crippen LogP contribution in [0.3, 0.4) is 0 Å². The molecule has 8 nitrogen and oxygen atoms in total. The number of alkyl halides is 3. The van der Waals surface area contributed by atoms with E-state index in [0.717, 1.165) is 27.7 Å². The number of aryl methyl sites for hydroxylation is 1. The SMILES string of the molecule is CC(C)c1ccccc1N1C(=O)CS/C1=N\N=C/c1ccc2c(C=Nc3ccc(OC(F)(F)F)cc3)nn(C)c2c1. The van der Waals surface area contributed by atoms with Crippen LogP contribution in [0.5, 0.6) is 5.75 Å². The normalized spacial score (nSPS) is 15.4. The number of aromatic nitrogens is 2. The van der Waals surface area contributed by atoms with Crippen LogP contribution in [0.2, 0.25) is 0 Å². The highest BCUT2D eigenvalue weighted by Gasteiger charge is 2.32. The summed E-state index contributed by atoms with van der Waals surface area (Å²) in [7, 11) is 1.80. The fourth-order valence-corrected chi connectivity index (χ4v) is 5.16. The fraction of sp³-hybridized carbons (Fsp3) is 0.207. The minimum atomic E-state index is -4.75. The smallest absolute Gasteiger partial charge is 0.406 e. The maximum Gasteiger partial charge on any atom is 0.573 e. The maximum atomic E-state index is 12.7. The second-order valence-corrected chi connectivity index (χ2v) is 10.4. The Hall–Kier alpha value is -4.45. The highest BCUT2D eigenvalue weighted by Crippen LogP contribution is 2.33. The lowest BCUT2D eigenvalue weighted by Gasteiger charge is -2.20. The third kappa shape index (κ3) is 6.49. The van der Waals surface area contributed by atoms with E-state index in [1.54, 1.807) is 29.1 Å². The number of rotatable bonds is 7. The van der Waals surface area contributed by atoms with E-state index >= 15 is 0 Å². The Labute approximate surface area is 238 Å². The van der Waals surface area contributed by atoms with Crippen LogP contribution >= 0.6 is 11.8 Å². The summed E-state index contributed by atoms with van der Waals surface area (Å²) < 4.78 is 42.7. The summed E-state index contributed by atoms with van der Waals surface area (Å²) in [5.41, 5.74) is 4.56. The fourth-order valence-electron chi connectivity index (χ4n) is 4.34. The summed E-state index contributed by atoms with van der Waals surface area (Å²) in [4.78, 5) is 18.7. The molecule has 0 radical (unpaired) electrons. The molecular weight excluding hydrogens is 553 g/mol. The van der Waals surface area contributed by atoms with Crippen molar-refractivity contribution in [2.45, 2.75) is 26.1 Å². The van der Waals surface area contributed by atoms with Crippen LogP contribution in [0.15, 0.2) is 81.9 Å². The molecule has 12 heteroatoms. The zero-order valence-electron chi connectivity index (χ0n) is 22.3. The molecule has 41 heavy (non-hydrogen) atoms. The third-order valence-electron chi connectivity index (χ3n) is 6.23. The third-order valence-corrected chi connectivity index (χ3v) is 7.14. The Morgan fingerprint density at radius 3 is 2.54 bits per heavy atom. The molecule has 0 atom stereocenters. The summed E-state index contributed by atoms with van der Waals surface area (Å²) in [6.07, 6.45) is -1.57. The van der Waals surface area contributed by atoms with Gasteiger partial charge in [-0.2, -0.15) is 10.2 Å². The zero-order valence-corrected chi connectivity index (χ0v) is 23.1. The molecule has 0 unspecified atom stereocenters. The Kier molecular flexibility index (Phi) is 7.93. The molecule has 4 aromatic rings. The van der Waals surface area contributed by atoms with Crippen molar-refractivity contribution < 1.29 is 22.7 Å². The first kappa shape index (κ1) is 28.1. The van der Waals surface area contributed by atoms with Crippen molar-refractivity contribution >= 4 is 57.5 Å². The topological polar surface area (TPSA) is 84.4 Å². The van der Waals surface area contributed by atoms with Crippen molar-refractivity contribution in [2.75, 3.05) is 10.7 Å². The molecule has 1 fully saturated rings. The number of halogens is 3. The van der Waals surface area contributed by atoms with E-state index in [2.05, 4.69) is 38.9 Å². The summed E-state index contributed by atoms with van der Waals surface area (Å²) >= 11 is 1.35. The molecule has 210 valence electrons. The van der Waals surface area contributed by atoms with Gasteiger partial charge in [0, 0.05) is 12.4 Å². The van der Waals surface area contributed by atoms with E-state index in [9.17, 15) is 18.0 Å². The Balaban J connectivity index is 1.34. The summed E-state index contributed by atoms with van der Waals surface area (Å²) in [5.74, 6) is 0.198. The average Bonchev–Trinajstić information content (AvgIpc) is 3.45. The van der Waals surface area contributed by atoms with Gasteiger partial charge in [-0.05, 0) is 59.5 Å². The maximum absolute atomic E-state index is 12.7. The van der Waals surface area contributed by atoms with E-state index in [0.29, 0.717) is 22.3 Å². The number of anilines is 1. The first-order chi connectivity index (χ1) is 19.6. The largest absolute Gasteiger partial charge is 0.573 e. The van der Waals surface area contributed by atoms with Gasteiger partial charge in [0.2, 0.25) is 5.91 Å². The van der Waals surface area contributed by atoms with Crippen molar-refractivity contribution in [1.29, 1.82) is 0 Å². The zero-order chi connectivity index (χ0) is 29.1. The lowest BCUT2D eigenvalue weighted by Crippen LogP contribution is -2.30. The summed E-state index contributed by atoms with van der Waals surface area (Å²) in [6, 6.07) is 18.7. The standard InChI is InChI=1S/C29H25F3N6O2S/c1-18(2)22-6-4-5-7-25(22)38-27(39)17-41-28(38)35-34-15-19-8-13-23-24(36-37(3)26(23)14-19)16-33-20-9-11-21(12-10-20)40-29(30,31)32/h4-16,18H,17H2,1-3H3/b33-16?,34-15-,35-28-. The molecule has 1 saturated heterocycles. The number of ether oxygens (including phenoxy) is 1. The quantitative estimate of drug-likeness (QED) is 0.178. The van der Waals surface area contributed by atoms with Gasteiger partial charge >= 0.3 is 6.36 Å². The summed E-state index contributed by atoms with van der Waals surface area (Å²) in [6.45, 7) is 4.17. The van der Waals surface area contributed by atoms with Crippen molar-refractivity contribution in [3.63, 3.8) is 0 Å². The van der Waals surface area contributed by atoms with Crippen molar-refractivity contribution in [3.8, 4) is 5.75 Å². The van der Waals surface area contributed by atoms with Gasteiger partial charge in [0.25, 0.3) is 0 Å². The van der Waals surface area contributed by atoms with Crippen molar-refractivity contribution in [3.05, 3.63) is 83.6 Å². The number of hydrogen-bond acceptors (Lipinski definition) is 7. The van der Waals surface area contributed by atoms with Gasteiger partial charge in [-0.3, -0.25) is 19.4 Å². The lowest BCUT2D eigenvalue weighted by atomic mass is 10.0. The molecule has 5 rings (SSSR count). The van der Waals surface area contributed by atoms with Crippen LogP contribution < -0.4 is 9.64 Å². The van der Waals surface area contributed by atoms with Crippen LogP contribution in [0, 0.1) is 0 Å². The number of carbonyl (C=O) groups is 1. The molecule has 2 heterocycles. The number of para-hydroxylation sites is 1. The number of carbonyl (C=O) groups excluding carboxylic acids is 1. The number of thioether (sulfide) groups is 1. The average molecular weight is 579 g/mol. The minimum Gasteiger partial charge on any atom is -0.406 e. The number of amidine groups is 1. The first-order valence-corrected chi connectivity index (χ1v) is 13.6. The number of hydrogen-bond donors (Lipinski definition) is 0. The van der Waals surface area contributed by atoms with E-state index in [4.69, 9.17) is 0 Å². The molecule has 0 N–H and O–H groups in total. The van der Waals surface area contributed by atoms with Gasteiger partial charge in [-0.15, -0.1) is 18.3 Å². The second-order valence-electron chi connectivity index (χ2n) is 9.44. The molecule has 0 spiro atoms. The van der Waals surface area contributed by atoms with Gasteiger partial charge in [0.1, 0.15) is 11.4 Å². The number of amides is 1. The minimum absolute atomic E-state index is 0.0341. The van der Waals surface area contributed by atoms with Crippen LogP contribution in [-0.2, 0) is 11.8 Å². The molecule has 3 aromatic carbocycles. The van der Waals surface area contributed by atoms with Gasteiger partial charge in [-0.25, -0.2) is 0 Å². The molecule has 1 aromatic heterocycles. The molecular formula is C29H25F3N6O2S. The Morgan fingerprint density at radius 1 is 1.05 bits per heavy atom. The monoisotopic (exact) mass is 578 g/mol.